The molecule has 3 nitrogen and oxygen atoms in total. The lowest BCUT2D eigenvalue weighted by atomic mass is 9.82. The lowest BCUT2D eigenvalue weighted by Crippen LogP contribution is -2.39. The second-order valence-corrected chi connectivity index (χ2v) is 8.30. The van der Waals surface area contributed by atoms with E-state index in [0.29, 0.717) is 10.9 Å². The molecule has 0 radical (unpaired) electrons. The maximum atomic E-state index is 11.5. The van der Waals surface area contributed by atoms with Gasteiger partial charge in [0.2, 0.25) is 0 Å². The Morgan fingerprint density at radius 3 is 2.38 bits per heavy atom. The van der Waals surface area contributed by atoms with Crippen molar-refractivity contribution in [2.75, 3.05) is 6.26 Å². The third-order valence-corrected chi connectivity index (χ3v) is 5.83. The van der Waals surface area contributed by atoms with E-state index in [0.717, 1.165) is 11.5 Å². The summed E-state index contributed by atoms with van der Waals surface area (Å²) < 4.78 is 23.0. The first-order valence-electron chi connectivity index (χ1n) is 7.98. The van der Waals surface area contributed by atoms with Gasteiger partial charge in [0, 0.05) is 18.3 Å². The summed E-state index contributed by atoms with van der Waals surface area (Å²) in [5.41, 5.74) is 1.16. The van der Waals surface area contributed by atoms with Gasteiger partial charge in [-0.05, 0) is 43.4 Å². The molecule has 1 aliphatic carbocycles. The Labute approximate surface area is 129 Å². The van der Waals surface area contributed by atoms with Gasteiger partial charge < -0.3 is 5.32 Å². The fraction of sp³-hybridized carbons (Fsp3) is 0.647. The topological polar surface area (TPSA) is 46.2 Å². The Morgan fingerprint density at radius 1 is 1.19 bits per heavy atom. The molecule has 2 rings (SSSR count). The fourth-order valence-corrected chi connectivity index (χ4v) is 3.97. The molecule has 4 heteroatoms. The summed E-state index contributed by atoms with van der Waals surface area (Å²) in [4.78, 5) is 0.391. The minimum atomic E-state index is -3.11. The molecule has 1 aromatic carbocycles. The van der Waals surface area contributed by atoms with Crippen molar-refractivity contribution in [2.24, 2.45) is 5.92 Å². The van der Waals surface area contributed by atoms with Crippen LogP contribution in [0.4, 0.5) is 0 Å². The molecular formula is C17H27NO2S. The van der Waals surface area contributed by atoms with Gasteiger partial charge in [-0.3, -0.25) is 0 Å². The number of nitrogens with one attached hydrogen (secondary N) is 1. The molecule has 0 heterocycles. The van der Waals surface area contributed by atoms with Gasteiger partial charge in [0.25, 0.3) is 0 Å². The van der Waals surface area contributed by atoms with Crippen LogP contribution in [0.15, 0.2) is 29.2 Å². The lowest BCUT2D eigenvalue weighted by molar-refractivity contribution is 0.240. The lowest BCUT2D eigenvalue weighted by Gasteiger charge is -2.34. The van der Waals surface area contributed by atoms with Gasteiger partial charge in [0.1, 0.15) is 0 Å². The van der Waals surface area contributed by atoms with Crippen LogP contribution < -0.4 is 5.32 Å². The number of sulfone groups is 1. The van der Waals surface area contributed by atoms with Gasteiger partial charge in [0.05, 0.1) is 4.90 Å². The number of rotatable bonds is 5. The van der Waals surface area contributed by atoms with Crippen LogP contribution in [0.2, 0.25) is 0 Å². The summed E-state index contributed by atoms with van der Waals surface area (Å²) in [7, 11) is -3.11. The quantitative estimate of drug-likeness (QED) is 0.902. The highest BCUT2D eigenvalue weighted by atomic mass is 32.2. The Bertz CT molecular complexity index is 551. The molecule has 0 spiro atoms. The van der Waals surface area contributed by atoms with Crippen molar-refractivity contribution in [2.45, 2.75) is 62.9 Å². The molecule has 1 N–H and O–H groups in total. The highest BCUT2D eigenvalue weighted by Gasteiger charge is 2.24. The van der Waals surface area contributed by atoms with Crippen LogP contribution >= 0.6 is 0 Å². The van der Waals surface area contributed by atoms with Crippen LogP contribution in [0.25, 0.3) is 0 Å². The molecule has 1 saturated carbocycles. The zero-order valence-corrected chi connectivity index (χ0v) is 14.1. The molecule has 1 fully saturated rings. The summed E-state index contributed by atoms with van der Waals surface area (Å²) >= 11 is 0. The van der Waals surface area contributed by atoms with E-state index in [4.69, 9.17) is 0 Å². The van der Waals surface area contributed by atoms with E-state index in [1.165, 1.54) is 38.4 Å². The summed E-state index contributed by atoms with van der Waals surface area (Å²) in [6.07, 6.45) is 7.73. The SMILES string of the molecule is CCC1CCCCC1NC(C)c1ccc(S(C)(=O)=O)cc1. The second-order valence-electron chi connectivity index (χ2n) is 6.29. The Kier molecular flexibility index (Phi) is 5.44. The standard InChI is InChI=1S/C17H27NO2S/c1-4-14-7-5-6-8-17(14)18-13(2)15-9-11-16(12-10-15)21(3,19)20/h9-14,17-18H,4-8H2,1-3H3. The Morgan fingerprint density at radius 2 is 1.81 bits per heavy atom. The van der Waals surface area contributed by atoms with Crippen molar-refractivity contribution >= 4 is 9.84 Å². The third kappa shape index (κ3) is 4.30. The van der Waals surface area contributed by atoms with E-state index in [9.17, 15) is 8.42 Å². The summed E-state index contributed by atoms with van der Waals surface area (Å²) in [6.45, 7) is 4.44. The van der Waals surface area contributed by atoms with E-state index in [1.807, 2.05) is 12.1 Å². The summed E-state index contributed by atoms with van der Waals surface area (Å²) in [5.74, 6) is 0.775. The smallest absolute Gasteiger partial charge is 0.175 e. The molecule has 0 aliphatic heterocycles. The monoisotopic (exact) mass is 309 g/mol. The van der Waals surface area contributed by atoms with Crippen LogP contribution in [0.1, 0.15) is 57.6 Å². The van der Waals surface area contributed by atoms with Gasteiger partial charge in [-0.2, -0.15) is 0 Å². The molecule has 3 unspecified atom stereocenters. The molecule has 3 atom stereocenters. The summed E-state index contributed by atoms with van der Waals surface area (Å²) in [5, 5.41) is 3.74. The predicted molar refractivity (Wildman–Crippen MR) is 87.1 cm³/mol. The number of hydrogen-bond acceptors (Lipinski definition) is 3. The first kappa shape index (κ1) is 16.5. The van der Waals surface area contributed by atoms with E-state index in [2.05, 4.69) is 19.2 Å². The van der Waals surface area contributed by atoms with Gasteiger partial charge >= 0.3 is 0 Å². The maximum Gasteiger partial charge on any atom is 0.175 e. The van der Waals surface area contributed by atoms with Crippen molar-refractivity contribution in [1.29, 1.82) is 0 Å². The third-order valence-electron chi connectivity index (χ3n) is 4.71. The molecule has 21 heavy (non-hydrogen) atoms. The van der Waals surface area contributed by atoms with Crippen LogP contribution in [0.5, 0.6) is 0 Å². The van der Waals surface area contributed by atoms with Crippen molar-refractivity contribution < 1.29 is 8.42 Å². The van der Waals surface area contributed by atoms with Crippen molar-refractivity contribution in [3.05, 3.63) is 29.8 Å². The van der Waals surface area contributed by atoms with E-state index in [-0.39, 0.29) is 6.04 Å². The molecule has 0 amide bonds. The summed E-state index contributed by atoms with van der Waals surface area (Å²) in [6, 6.07) is 8.13. The molecule has 0 bridgehead atoms. The van der Waals surface area contributed by atoms with Gasteiger partial charge in [0.15, 0.2) is 9.84 Å². The minimum Gasteiger partial charge on any atom is -0.307 e. The highest BCUT2D eigenvalue weighted by molar-refractivity contribution is 7.90. The number of hydrogen-bond donors (Lipinski definition) is 1. The van der Waals surface area contributed by atoms with Crippen LogP contribution in [0.3, 0.4) is 0 Å². The highest BCUT2D eigenvalue weighted by Crippen LogP contribution is 2.29. The number of benzene rings is 1. The zero-order chi connectivity index (χ0) is 15.5. The second kappa shape index (κ2) is 6.93. The molecule has 0 saturated heterocycles. The molecule has 1 aromatic rings. The van der Waals surface area contributed by atoms with Crippen molar-refractivity contribution in [1.82, 2.24) is 5.32 Å². The maximum absolute atomic E-state index is 11.5. The van der Waals surface area contributed by atoms with Gasteiger partial charge in [-0.25, -0.2) is 8.42 Å². The van der Waals surface area contributed by atoms with Crippen molar-refractivity contribution in [3.63, 3.8) is 0 Å². The average molecular weight is 309 g/mol. The Balaban J connectivity index is 2.04. The van der Waals surface area contributed by atoms with E-state index in [1.54, 1.807) is 12.1 Å². The first-order valence-corrected chi connectivity index (χ1v) is 9.87. The van der Waals surface area contributed by atoms with Crippen LogP contribution in [-0.2, 0) is 9.84 Å². The molecular weight excluding hydrogens is 282 g/mol. The van der Waals surface area contributed by atoms with E-state index >= 15 is 0 Å². The van der Waals surface area contributed by atoms with Crippen molar-refractivity contribution in [3.8, 4) is 0 Å². The Hall–Kier alpha value is -0.870. The molecule has 1 aliphatic rings. The minimum absolute atomic E-state index is 0.260. The van der Waals surface area contributed by atoms with E-state index < -0.39 is 9.84 Å². The fourth-order valence-electron chi connectivity index (χ4n) is 3.34. The van der Waals surface area contributed by atoms with Gasteiger partial charge in [-0.15, -0.1) is 0 Å². The average Bonchev–Trinajstić information content (AvgIpc) is 2.47. The normalized spacial score (nSPS) is 24.7. The van der Waals surface area contributed by atoms with Gasteiger partial charge in [-0.1, -0.05) is 38.3 Å². The van der Waals surface area contributed by atoms with Crippen LogP contribution in [-0.4, -0.2) is 20.7 Å². The predicted octanol–water partition coefficient (Wildman–Crippen LogP) is 3.71. The first-order chi connectivity index (χ1) is 9.91. The largest absolute Gasteiger partial charge is 0.307 e. The molecule has 0 aromatic heterocycles. The molecule has 118 valence electrons. The van der Waals surface area contributed by atoms with Crippen LogP contribution in [0, 0.1) is 5.92 Å². The zero-order valence-electron chi connectivity index (χ0n) is 13.3.